The van der Waals surface area contributed by atoms with Crippen molar-refractivity contribution in [1.29, 1.82) is 0 Å². The fourth-order valence-corrected chi connectivity index (χ4v) is 1.04. The van der Waals surface area contributed by atoms with Crippen LogP contribution in [-0.2, 0) is 0 Å². The molecule has 0 amide bonds. The van der Waals surface area contributed by atoms with Gasteiger partial charge >= 0.3 is 0 Å². The summed E-state index contributed by atoms with van der Waals surface area (Å²) in [6, 6.07) is 0. The third kappa shape index (κ3) is 3.22. The van der Waals surface area contributed by atoms with Crippen LogP contribution in [-0.4, -0.2) is 0 Å². The highest BCUT2D eigenvalue weighted by Crippen LogP contribution is 2.12. The molecule has 0 aromatic carbocycles. The minimum Gasteiger partial charge on any atom is -0.0969 e. The van der Waals surface area contributed by atoms with Crippen LogP contribution in [0.5, 0.6) is 0 Å². The van der Waals surface area contributed by atoms with E-state index in [4.69, 9.17) is 23.2 Å². The summed E-state index contributed by atoms with van der Waals surface area (Å²) < 4.78 is 0. The van der Waals surface area contributed by atoms with Crippen LogP contribution in [0.2, 0.25) is 0 Å². The van der Waals surface area contributed by atoms with E-state index in [-0.39, 0.29) is 0 Å². The first kappa shape index (κ1) is 9.53. The Balaban J connectivity index is 2.84. The molecule has 0 unspecified atom stereocenters. The van der Waals surface area contributed by atoms with Gasteiger partial charge in [-0.25, -0.2) is 0 Å². The molecule has 62 valence electrons. The Kier molecular flexibility index (Phi) is 4.09. The van der Waals surface area contributed by atoms with E-state index in [9.17, 15) is 0 Å². The highest BCUT2D eigenvalue weighted by atomic mass is 35.5. The Labute approximate surface area is 82.9 Å². The zero-order chi connectivity index (χ0) is 8.81. The van der Waals surface area contributed by atoms with Crippen molar-refractivity contribution >= 4 is 23.2 Å². The first-order valence-electron chi connectivity index (χ1n) is 3.84. The van der Waals surface area contributed by atoms with E-state index in [0.717, 1.165) is 25.7 Å². The van der Waals surface area contributed by atoms with Crippen LogP contribution >= 0.6 is 23.2 Å². The number of hydrogen-bond acceptors (Lipinski definition) is 0. The Morgan fingerprint density at radius 1 is 0.833 bits per heavy atom. The molecule has 0 saturated heterocycles. The van der Waals surface area contributed by atoms with Gasteiger partial charge in [-0.1, -0.05) is 46.9 Å². The first-order valence-corrected chi connectivity index (χ1v) is 4.59. The highest BCUT2D eigenvalue weighted by Gasteiger charge is 1.94. The molecule has 0 N–H and O–H groups in total. The molecular formula is C10H8Cl2. The van der Waals surface area contributed by atoms with Gasteiger partial charge in [-0.15, -0.1) is 0 Å². The van der Waals surface area contributed by atoms with E-state index in [1.807, 2.05) is 0 Å². The first-order chi connectivity index (χ1) is 5.80. The quantitative estimate of drug-likeness (QED) is 0.525. The number of halogens is 2. The monoisotopic (exact) mass is 198 g/mol. The van der Waals surface area contributed by atoms with Gasteiger partial charge in [-0.05, 0) is 12.8 Å². The lowest BCUT2D eigenvalue weighted by Gasteiger charge is -1.92. The average molecular weight is 199 g/mol. The molecule has 0 nitrogen and oxygen atoms in total. The van der Waals surface area contributed by atoms with Crippen molar-refractivity contribution in [3.8, 4) is 23.7 Å². The van der Waals surface area contributed by atoms with Crippen LogP contribution in [0, 0.1) is 23.7 Å². The van der Waals surface area contributed by atoms with Gasteiger partial charge in [0.2, 0.25) is 0 Å². The smallest absolute Gasteiger partial charge is 0.0969 e. The van der Waals surface area contributed by atoms with Crippen LogP contribution in [0.15, 0.2) is 10.1 Å². The number of allylic oxidation sites excluding steroid dienone is 2. The second-order valence-corrected chi connectivity index (χ2v) is 3.19. The third-order valence-electron chi connectivity index (χ3n) is 1.44. The van der Waals surface area contributed by atoms with Crippen LogP contribution in [0.25, 0.3) is 0 Å². The minimum atomic E-state index is 0.367. The van der Waals surface area contributed by atoms with Crippen molar-refractivity contribution in [1.82, 2.24) is 0 Å². The van der Waals surface area contributed by atoms with Gasteiger partial charge < -0.3 is 0 Å². The van der Waals surface area contributed by atoms with Crippen LogP contribution in [0.4, 0.5) is 0 Å². The van der Waals surface area contributed by atoms with E-state index in [0.29, 0.717) is 10.1 Å². The summed E-state index contributed by atoms with van der Waals surface area (Å²) in [6.07, 6.45) is 3.93. The lowest BCUT2D eigenvalue weighted by Crippen LogP contribution is -1.78. The van der Waals surface area contributed by atoms with Crippen molar-refractivity contribution in [2.75, 3.05) is 0 Å². The van der Waals surface area contributed by atoms with Crippen molar-refractivity contribution in [2.45, 2.75) is 25.7 Å². The van der Waals surface area contributed by atoms with Crippen molar-refractivity contribution in [2.24, 2.45) is 0 Å². The maximum Gasteiger partial charge on any atom is 0.117 e. The molecule has 0 fully saturated rings. The Morgan fingerprint density at radius 3 is 1.67 bits per heavy atom. The maximum absolute atomic E-state index is 5.74. The summed E-state index contributed by atoms with van der Waals surface area (Å²) >= 11 is 11.5. The standard InChI is InChI=1S/C10H8Cl2/c11-9-7-5-3-1-2-4-6-8-10(9)12/h1-4H2/b10-9-. The summed E-state index contributed by atoms with van der Waals surface area (Å²) in [7, 11) is 0. The molecule has 0 radical (unpaired) electrons. The second kappa shape index (κ2) is 5.15. The van der Waals surface area contributed by atoms with E-state index in [1.165, 1.54) is 0 Å². The summed E-state index contributed by atoms with van der Waals surface area (Å²) in [4.78, 5) is 0. The molecule has 0 bridgehead atoms. The lowest BCUT2D eigenvalue weighted by molar-refractivity contribution is 0.782. The molecule has 0 aromatic heterocycles. The van der Waals surface area contributed by atoms with E-state index in [1.54, 1.807) is 0 Å². The normalized spacial score (nSPS) is 23.2. The fourth-order valence-electron chi connectivity index (χ4n) is 0.817. The largest absolute Gasteiger partial charge is 0.117 e. The minimum absolute atomic E-state index is 0.367. The Hall–Kier alpha value is -0.560. The zero-order valence-electron chi connectivity index (χ0n) is 6.58. The Morgan fingerprint density at radius 2 is 1.25 bits per heavy atom. The third-order valence-corrected chi connectivity index (χ3v) is 2.11. The van der Waals surface area contributed by atoms with Crippen LogP contribution < -0.4 is 0 Å². The van der Waals surface area contributed by atoms with Gasteiger partial charge in [0.05, 0.1) is 0 Å². The topological polar surface area (TPSA) is 0 Å². The van der Waals surface area contributed by atoms with Crippen molar-refractivity contribution in [3.63, 3.8) is 0 Å². The summed E-state index contributed by atoms with van der Waals surface area (Å²) in [5.74, 6) is 11.4. The molecule has 1 aliphatic rings. The molecule has 0 heterocycles. The summed E-state index contributed by atoms with van der Waals surface area (Å²) in [5.41, 5.74) is 0. The summed E-state index contributed by atoms with van der Waals surface area (Å²) in [5, 5.41) is 0.733. The molecule has 0 saturated carbocycles. The maximum atomic E-state index is 5.74. The van der Waals surface area contributed by atoms with E-state index >= 15 is 0 Å². The fraction of sp³-hybridized carbons (Fsp3) is 0.400. The molecule has 2 heteroatoms. The highest BCUT2D eigenvalue weighted by molar-refractivity contribution is 6.42. The summed E-state index contributed by atoms with van der Waals surface area (Å²) in [6.45, 7) is 0. The van der Waals surface area contributed by atoms with Gasteiger partial charge in [-0.2, -0.15) is 0 Å². The van der Waals surface area contributed by atoms with Crippen LogP contribution in [0.1, 0.15) is 25.7 Å². The predicted molar refractivity (Wildman–Crippen MR) is 52.8 cm³/mol. The molecule has 1 rings (SSSR count). The van der Waals surface area contributed by atoms with Gasteiger partial charge in [0.15, 0.2) is 0 Å². The second-order valence-electron chi connectivity index (χ2n) is 2.44. The van der Waals surface area contributed by atoms with E-state index in [2.05, 4.69) is 23.7 Å². The Bertz CT molecular complexity index is 272. The SMILES string of the molecule is Cl/C1=C(\Cl)C#CCCCCC#C1. The van der Waals surface area contributed by atoms with Gasteiger partial charge in [-0.3, -0.25) is 0 Å². The molecule has 0 spiro atoms. The molecule has 0 aliphatic heterocycles. The van der Waals surface area contributed by atoms with Crippen molar-refractivity contribution in [3.05, 3.63) is 10.1 Å². The molecule has 0 aromatic rings. The molecule has 0 atom stereocenters. The zero-order valence-corrected chi connectivity index (χ0v) is 8.10. The lowest BCUT2D eigenvalue weighted by atomic mass is 10.2. The molecule has 12 heavy (non-hydrogen) atoms. The van der Waals surface area contributed by atoms with Crippen LogP contribution in [0.3, 0.4) is 0 Å². The van der Waals surface area contributed by atoms with Gasteiger partial charge in [0.1, 0.15) is 10.1 Å². The van der Waals surface area contributed by atoms with Gasteiger partial charge in [0, 0.05) is 12.8 Å². The van der Waals surface area contributed by atoms with Crippen molar-refractivity contribution < 1.29 is 0 Å². The van der Waals surface area contributed by atoms with Gasteiger partial charge in [0.25, 0.3) is 0 Å². The molecular weight excluding hydrogens is 191 g/mol. The predicted octanol–water partition coefficient (Wildman–Crippen LogP) is 3.26. The molecule has 1 aliphatic carbocycles. The number of hydrogen-bond donors (Lipinski definition) is 0. The van der Waals surface area contributed by atoms with E-state index < -0.39 is 0 Å². The average Bonchev–Trinajstić information content (AvgIpc) is 2.08. The number of rotatable bonds is 0.